The molecule has 0 aromatic heterocycles. The predicted molar refractivity (Wildman–Crippen MR) is 116 cm³/mol. The SMILES string of the molecule is CC(Cc1cccc2ccccc12)(c1ccc(N)cc1)c1ccc(N)cc1. The molecule has 0 radical (unpaired) electrons. The molecule has 0 unspecified atom stereocenters. The minimum atomic E-state index is -0.189. The summed E-state index contributed by atoms with van der Waals surface area (Å²) in [5.41, 5.74) is 17.1. The van der Waals surface area contributed by atoms with Crippen molar-refractivity contribution in [2.45, 2.75) is 18.8 Å². The van der Waals surface area contributed by atoms with Crippen LogP contribution in [0.5, 0.6) is 0 Å². The number of benzene rings is 4. The Morgan fingerprint density at radius 3 is 1.74 bits per heavy atom. The fourth-order valence-electron chi connectivity index (χ4n) is 3.90. The van der Waals surface area contributed by atoms with Gasteiger partial charge in [0, 0.05) is 16.8 Å². The fraction of sp³-hybridized carbons (Fsp3) is 0.120. The van der Waals surface area contributed by atoms with Crippen LogP contribution in [0.4, 0.5) is 11.4 Å². The van der Waals surface area contributed by atoms with E-state index >= 15 is 0 Å². The molecule has 4 aromatic carbocycles. The smallest absolute Gasteiger partial charge is 0.0314 e. The van der Waals surface area contributed by atoms with Crippen molar-refractivity contribution < 1.29 is 0 Å². The molecule has 0 atom stereocenters. The van der Waals surface area contributed by atoms with Crippen molar-refractivity contribution in [3.63, 3.8) is 0 Å². The highest BCUT2D eigenvalue weighted by Gasteiger charge is 2.30. The van der Waals surface area contributed by atoms with Crippen molar-refractivity contribution in [2.24, 2.45) is 0 Å². The van der Waals surface area contributed by atoms with Gasteiger partial charge in [0.2, 0.25) is 0 Å². The second-order valence-electron chi connectivity index (χ2n) is 7.39. The number of anilines is 2. The molecule has 2 heteroatoms. The zero-order chi connectivity index (χ0) is 18.9. The van der Waals surface area contributed by atoms with Gasteiger partial charge < -0.3 is 11.5 Å². The Morgan fingerprint density at radius 1 is 0.630 bits per heavy atom. The second kappa shape index (κ2) is 6.81. The zero-order valence-corrected chi connectivity index (χ0v) is 15.5. The maximum absolute atomic E-state index is 5.94. The van der Waals surface area contributed by atoms with Crippen LogP contribution >= 0.6 is 0 Å². The summed E-state index contributed by atoms with van der Waals surface area (Å²) in [7, 11) is 0. The van der Waals surface area contributed by atoms with Crippen molar-refractivity contribution in [1.29, 1.82) is 0 Å². The van der Waals surface area contributed by atoms with Crippen LogP contribution < -0.4 is 11.5 Å². The number of nitrogen functional groups attached to an aromatic ring is 2. The largest absolute Gasteiger partial charge is 0.399 e. The number of nitrogens with two attached hydrogens (primary N) is 2. The topological polar surface area (TPSA) is 52.0 Å². The average molecular weight is 352 g/mol. The molecule has 0 fully saturated rings. The first-order valence-electron chi connectivity index (χ1n) is 9.25. The van der Waals surface area contributed by atoms with Crippen LogP contribution in [0.2, 0.25) is 0 Å². The fourth-order valence-corrected chi connectivity index (χ4v) is 3.90. The Hall–Kier alpha value is -3.26. The van der Waals surface area contributed by atoms with Crippen molar-refractivity contribution in [1.82, 2.24) is 0 Å². The summed E-state index contributed by atoms with van der Waals surface area (Å²) in [6.45, 7) is 2.30. The lowest BCUT2D eigenvalue weighted by atomic mass is 9.71. The molecule has 0 aliphatic heterocycles. The Kier molecular flexibility index (Phi) is 4.33. The van der Waals surface area contributed by atoms with E-state index in [2.05, 4.69) is 73.7 Å². The normalized spacial score (nSPS) is 11.6. The third-order valence-corrected chi connectivity index (χ3v) is 5.52. The van der Waals surface area contributed by atoms with Gasteiger partial charge in [0.05, 0.1) is 0 Å². The molecule has 27 heavy (non-hydrogen) atoms. The summed E-state index contributed by atoms with van der Waals surface area (Å²) in [6.07, 6.45) is 0.891. The van der Waals surface area contributed by atoms with Gasteiger partial charge in [-0.15, -0.1) is 0 Å². The maximum Gasteiger partial charge on any atom is 0.0314 e. The second-order valence-corrected chi connectivity index (χ2v) is 7.39. The van der Waals surface area contributed by atoms with E-state index in [1.165, 1.54) is 27.5 Å². The summed E-state index contributed by atoms with van der Waals surface area (Å²) in [5, 5.41) is 2.57. The molecular weight excluding hydrogens is 328 g/mol. The van der Waals surface area contributed by atoms with Gasteiger partial charge in [0.1, 0.15) is 0 Å². The van der Waals surface area contributed by atoms with Crippen molar-refractivity contribution >= 4 is 22.1 Å². The Balaban J connectivity index is 1.87. The highest BCUT2D eigenvalue weighted by Crippen LogP contribution is 2.37. The molecule has 4 rings (SSSR count). The van der Waals surface area contributed by atoms with E-state index in [9.17, 15) is 0 Å². The standard InChI is InChI=1S/C25H24N2/c1-25(20-9-13-22(26)14-10-20,21-11-15-23(27)16-12-21)17-19-7-4-6-18-5-2-3-8-24(18)19/h2-16H,17,26-27H2,1H3. The Bertz CT molecular complexity index is 1010. The van der Waals surface area contributed by atoms with Crippen LogP contribution in [0.25, 0.3) is 10.8 Å². The summed E-state index contributed by atoms with van der Waals surface area (Å²) < 4.78 is 0. The highest BCUT2D eigenvalue weighted by molar-refractivity contribution is 5.85. The molecule has 0 aliphatic rings. The van der Waals surface area contributed by atoms with Crippen molar-refractivity contribution in [3.05, 3.63) is 108 Å². The molecular formula is C25H24N2. The first-order valence-corrected chi connectivity index (χ1v) is 9.25. The van der Waals surface area contributed by atoms with Gasteiger partial charge in [0.25, 0.3) is 0 Å². The van der Waals surface area contributed by atoms with Crippen LogP contribution in [-0.2, 0) is 11.8 Å². The van der Waals surface area contributed by atoms with Gasteiger partial charge in [0.15, 0.2) is 0 Å². The monoisotopic (exact) mass is 352 g/mol. The van der Waals surface area contributed by atoms with E-state index in [4.69, 9.17) is 11.5 Å². The Morgan fingerprint density at radius 2 is 1.15 bits per heavy atom. The molecule has 0 aliphatic carbocycles. The Labute approximate surface area is 160 Å². The van der Waals surface area contributed by atoms with Gasteiger partial charge in [-0.3, -0.25) is 0 Å². The quantitative estimate of drug-likeness (QED) is 0.473. The molecule has 0 spiro atoms. The van der Waals surface area contributed by atoms with Crippen LogP contribution in [0.3, 0.4) is 0 Å². The molecule has 0 saturated carbocycles. The first-order chi connectivity index (χ1) is 13.1. The number of rotatable bonds is 4. The molecule has 4 aromatic rings. The molecule has 2 nitrogen and oxygen atoms in total. The highest BCUT2D eigenvalue weighted by atomic mass is 14.5. The van der Waals surface area contributed by atoms with Gasteiger partial charge in [-0.1, -0.05) is 73.7 Å². The van der Waals surface area contributed by atoms with Crippen LogP contribution in [0.1, 0.15) is 23.6 Å². The molecule has 0 heterocycles. The number of hydrogen-bond donors (Lipinski definition) is 2. The van der Waals surface area contributed by atoms with Gasteiger partial charge in [-0.25, -0.2) is 0 Å². The van der Waals surface area contributed by atoms with Gasteiger partial charge in [-0.05, 0) is 58.1 Å². The molecule has 0 amide bonds. The lowest BCUT2D eigenvalue weighted by Gasteiger charge is -2.32. The lowest BCUT2D eigenvalue weighted by molar-refractivity contribution is 0.570. The maximum atomic E-state index is 5.94. The molecule has 0 bridgehead atoms. The van der Waals surface area contributed by atoms with E-state index in [0.717, 1.165) is 17.8 Å². The summed E-state index contributed by atoms with van der Waals surface area (Å²) in [6, 6.07) is 31.6. The van der Waals surface area contributed by atoms with Crippen molar-refractivity contribution in [3.8, 4) is 0 Å². The van der Waals surface area contributed by atoms with E-state index in [1.54, 1.807) is 0 Å². The summed E-state index contributed by atoms with van der Waals surface area (Å²) in [5.74, 6) is 0. The minimum Gasteiger partial charge on any atom is -0.399 e. The minimum absolute atomic E-state index is 0.189. The van der Waals surface area contributed by atoms with E-state index in [0.29, 0.717) is 0 Å². The number of hydrogen-bond acceptors (Lipinski definition) is 2. The predicted octanol–water partition coefficient (Wildman–Crippen LogP) is 5.55. The summed E-state index contributed by atoms with van der Waals surface area (Å²) >= 11 is 0. The van der Waals surface area contributed by atoms with Crippen LogP contribution in [0, 0.1) is 0 Å². The van der Waals surface area contributed by atoms with E-state index in [1.807, 2.05) is 24.3 Å². The zero-order valence-electron chi connectivity index (χ0n) is 15.5. The third-order valence-electron chi connectivity index (χ3n) is 5.52. The lowest BCUT2D eigenvalue weighted by Crippen LogP contribution is -2.27. The van der Waals surface area contributed by atoms with Crippen LogP contribution in [-0.4, -0.2) is 0 Å². The first kappa shape index (κ1) is 17.2. The van der Waals surface area contributed by atoms with E-state index < -0.39 is 0 Å². The molecule has 4 N–H and O–H groups in total. The third kappa shape index (κ3) is 3.26. The van der Waals surface area contributed by atoms with Crippen LogP contribution in [0.15, 0.2) is 91.0 Å². The molecule has 134 valence electrons. The molecule has 0 saturated heterocycles. The average Bonchev–Trinajstić information content (AvgIpc) is 2.69. The van der Waals surface area contributed by atoms with E-state index in [-0.39, 0.29) is 5.41 Å². The summed E-state index contributed by atoms with van der Waals surface area (Å²) in [4.78, 5) is 0. The van der Waals surface area contributed by atoms with Gasteiger partial charge in [-0.2, -0.15) is 0 Å². The number of fused-ring (bicyclic) bond motifs is 1. The van der Waals surface area contributed by atoms with Gasteiger partial charge >= 0.3 is 0 Å². The van der Waals surface area contributed by atoms with Crippen molar-refractivity contribution in [2.75, 3.05) is 11.5 Å².